The van der Waals surface area contributed by atoms with Gasteiger partial charge in [-0.25, -0.2) is 4.79 Å². The summed E-state index contributed by atoms with van der Waals surface area (Å²) in [5.41, 5.74) is 1.08. The number of hydrogen-bond acceptors (Lipinski definition) is 4. The summed E-state index contributed by atoms with van der Waals surface area (Å²) in [5.74, 6) is 0. The van der Waals surface area contributed by atoms with Gasteiger partial charge in [0.05, 0.1) is 0 Å². The van der Waals surface area contributed by atoms with Gasteiger partial charge in [0, 0.05) is 49.8 Å². The second-order valence-corrected chi connectivity index (χ2v) is 4.59. The summed E-state index contributed by atoms with van der Waals surface area (Å²) in [6.07, 6.45) is 2.43. The second kappa shape index (κ2) is 4.02. The number of hydrogen-bond donors (Lipinski definition) is 0. The number of ether oxygens (including phenoxy) is 1. The van der Waals surface area contributed by atoms with Crippen LogP contribution in [0.15, 0.2) is 11.1 Å². The zero-order chi connectivity index (χ0) is 10.8. The van der Waals surface area contributed by atoms with Crippen molar-refractivity contribution in [2.45, 2.75) is 6.42 Å². The zero-order valence-corrected chi connectivity index (χ0v) is 9.50. The van der Waals surface area contributed by atoms with Crippen LogP contribution in [0, 0.1) is 0 Å². The van der Waals surface area contributed by atoms with Gasteiger partial charge in [-0.2, -0.15) is 0 Å². The predicted molar refractivity (Wildman–Crippen MR) is 60.2 cm³/mol. The van der Waals surface area contributed by atoms with Crippen LogP contribution in [0.1, 0.15) is 10.4 Å². The summed E-state index contributed by atoms with van der Waals surface area (Å²) in [5, 5.41) is 0.645. The summed E-state index contributed by atoms with van der Waals surface area (Å²) in [4.78, 5) is 18.1. The van der Waals surface area contributed by atoms with Gasteiger partial charge in [0.1, 0.15) is 0 Å². The first-order chi connectivity index (χ1) is 7.16. The molecule has 0 saturated heterocycles. The highest BCUT2D eigenvalue weighted by atomic mass is 32.1. The van der Waals surface area contributed by atoms with Crippen molar-refractivity contribution in [3.05, 3.63) is 16.5 Å². The zero-order valence-electron chi connectivity index (χ0n) is 8.69. The van der Waals surface area contributed by atoms with Crippen LogP contribution in [0.5, 0.6) is 5.06 Å². The highest BCUT2D eigenvalue weighted by molar-refractivity contribution is 7.14. The van der Waals surface area contributed by atoms with E-state index in [1.165, 1.54) is 21.1 Å². The molecule has 0 fully saturated rings. The van der Waals surface area contributed by atoms with E-state index in [9.17, 15) is 4.79 Å². The number of thiophene rings is 1. The smallest absolute Gasteiger partial charge is 0.399 e. The molecule has 0 spiro atoms. The Bertz CT molecular complexity index is 410. The standard InChI is InChI=1S/C10H12N2O2S/c1-12(2)10(13)14-9-5-7-6-11-4-3-8(7)15-9/h5-6H,3-4H2,1-2H3. The lowest BCUT2D eigenvalue weighted by Gasteiger charge is -2.08. The Labute approximate surface area is 92.2 Å². The third-order valence-corrected chi connectivity index (χ3v) is 3.16. The Kier molecular flexibility index (Phi) is 2.73. The average molecular weight is 224 g/mol. The van der Waals surface area contributed by atoms with Gasteiger partial charge in [-0.1, -0.05) is 0 Å². The SMILES string of the molecule is CN(C)C(=O)Oc1cc2c(s1)CCN=C2. The van der Waals surface area contributed by atoms with Crippen LogP contribution in [0.25, 0.3) is 0 Å². The lowest BCUT2D eigenvalue weighted by Crippen LogP contribution is -2.24. The monoisotopic (exact) mass is 224 g/mol. The molecular weight excluding hydrogens is 212 g/mol. The van der Waals surface area contributed by atoms with E-state index < -0.39 is 0 Å². The van der Waals surface area contributed by atoms with E-state index in [4.69, 9.17) is 4.74 Å². The normalized spacial score (nSPS) is 13.5. The Balaban J connectivity index is 2.14. The van der Waals surface area contributed by atoms with Crippen LogP contribution in [0.4, 0.5) is 4.79 Å². The van der Waals surface area contributed by atoms with Crippen LogP contribution in [0.3, 0.4) is 0 Å². The fourth-order valence-corrected chi connectivity index (χ4v) is 2.24. The van der Waals surface area contributed by atoms with E-state index in [1.807, 2.05) is 12.3 Å². The summed E-state index contributed by atoms with van der Waals surface area (Å²) < 4.78 is 5.17. The van der Waals surface area contributed by atoms with Crippen molar-refractivity contribution >= 4 is 23.6 Å². The van der Waals surface area contributed by atoms with Gasteiger partial charge in [0.25, 0.3) is 0 Å². The molecule has 0 unspecified atom stereocenters. The predicted octanol–water partition coefficient (Wildman–Crippen LogP) is 1.78. The van der Waals surface area contributed by atoms with E-state index >= 15 is 0 Å². The van der Waals surface area contributed by atoms with Crippen LogP contribution in [-0.4, -0.2) is 37.8 Å². The molecule has 0 atom stereocenters. The number of carbonyl (C=O) groups is 1. The van der Waals surface area contributed by atoms with Crippen LogP contribution in [-0.2, 0) is 6.42 Å². The number of carbonyl (C=O) groups excluding carboxylic acids is 1. The molecule has 0 radical (unpaired) electrons. The van der Waals surface area contributed by atoms with Crippen molar-refractivity contribution < 1.29 is 9.53 Å². The summed E-state index contributed by atoms with van der Waals surface area (Å²) in [6.45, 7) is 0.828. The van der Waals surface area contributed by atoms with E-state index in [0.717, 1.165) is 18.5 Å². The van der Waals surface area contributed by atoms with E-state index in [1.54, 1.807) is 14.1 Å². The first-order valence-electron chi connectivity index (χ1n) is 4.68. The third-order valence-electron chi connectivity index (χ3n) is 2.07. The van der Waals surface area contributed by atoms with Gasteiger partial charge in [-0.05, 0) is 0 Å². The number of rotatable bonds is 1. The minimum atomic E-state index is -0.342. The van der Waals surface area contributed by atoms with Crippen LogP contribution in [0.2, 0.25) is 0 Å². The maximum atomic E-state index is 11.3. The van der Waals surface area contributed by atoms with Crippen molar-refractivity contribution in [2.75, 3.05) is 20.6 Å². The largest absolute Gasteiger partial charge is 0.415 e. The third kappa shape index (κ3) is 2.18. The number of amides is 1. The Morgan fingerprint density at radius 2 is 2.40 bits per heavy atom. The first-order valence-corrected chi connectivity index (χ1v) is 5.50. The minimum Gasteiger partial charge on any atom is -0.399 e. The average Bonchev–Trinajstić information content (AvgIpc) is 2.59. The second-order valence-electron chi connectivity index (χ2n) is 3.49. The fourth-order valence-electron chi connectivity index (χ4n) is 1.28. The Morgan fingerprint density at radius 3 is 3.07 bits per heavy atom. The van der Waals surface area contributed by atoms with E-state index in [0.29, 0.717) is 5.06 Å². The molecule has 0 bridgehead atoms. The summed E-state index contributed by atoms with van der Waals surface area (Å²) in [6, 6.07) is 1.87. The lowest BCUT2D eigenvalue weighted by molar-refractivity contribution is 0.173. The molecule has 1 aromatic heterocycles. The maximum Gasteiger partial charge on any atom is 0.415 e. The van der Waals surface area contributed by atoms with E-state index in [-0.39, 0.29) is 6.09 Å². The van der Waals surface area contributed by atoms with Crippen molar-refractivity contribution in [3.8, 4) is 5.06 Å². The molecule has 2 rings (SSSR count). The number of aliphatic imine (C=N–C) groups is 1. The van der Waals surface area contributed by atoms with Gasteiger partial charge in [-0.15, -0.1) is 11.3 Å². The molecule has 0 N–H and O–H groups in total. The Morgan fingerprint density at radius 1 is 1.60 bits per heavy atom. The number of nitrogens with zero attached hydrogens (tertiary/aromatic N) is 2. The fraction of sp³-hybridized carbons (Fsp3) is 0.400. The maximum absolute atomic E-state index is 11.3. The highest BCUT2D eigenvalue weighted by Crippen LogP contribution is 2.30. The molecule has 0 aromatic carbocycles. The highest BCUT2D eigenvalue weighted by Gasteiger charge is 2.14. The van der Waals surface area contributed by atoms with Crippen LogP contribution >= 0.6 is 11.3 Å². The first kappa shape index (κ1) is 10.2. The van der Waals surface area contributed by atoms with Crippen molar-refractivity contribution in [1.82, 2.24) is 4.90 Å². The molecule has 0 saturated carbocycles. The molecule has 0 aliphatic carbocycles. The van der Waals surface area contributed by atoms with Gasteiger partial charge < -0.3 is 9.64 Å². The molecule has 15 heavy (non-hydrogen) atoms. The van der Waals surface area contributed by atoms with Crippen molar-refractivity contribution in [3.63, 3.8) is 0 Å². The van der Waals surface area contributed by atoms with Crippen molar-refractivity contribution in [2.24, 2.45) is 4.99 Å². The molecule has 80 valence electrons. The van der Waals surface area contributed by atoms with Gasteiger partial charge in [-0.3, -0.25) is 4.99 Å². The molecule has 1 aliphatic heterocycles. The molecule has 1 amide bonds. The molecule has 4 nitrogen and oxygen atoms in total. The molecular formula is C10H12N2O2S. The summed E-state index contributed by atoms with van der Waals surface area (Å²) in [7, 11) is 3.33. The van der Waals surface area contributed by atoms with E-state index in [2.05, 4.69) is 4.99 Å². The molecule has 1 aliphatic rings. The van der Waals surface area contributed by atoms with Crippen LogP contribution < -0.4 is 4.74 Å². The van der Waals surface area contributed by atoms with Crippen molar-refractivity contribution in [1.29, 1.82) is 0 Å². The van der Waals surface area contributed by atoms with Gasteiger partial charge in [0.2, 0.25) is 0 Å². The molecule has 5 heteroatoms. The van der Waals surface area contributed by atoms with Gasteiger partial charge in [0.15, 0.2) is 5.06 Å². The topological polar surface area (TPSA) is 41.9 Å². The quantitative estimate of drug-likeness (QED) is 0.729. The Hall–Kier alpha value is -1.36. The minimum absolute atomic E-state index is 0.342. The molecule has 2 heterocycles. The summed E-state index contributed by atoms with van der Waals surface area (Å²) >= 11 is 1.52. The lowest BCUT2D eigenvalue weighted by atomic mass is 10.2. The van der Waals surface area contributed by atoms with Gasteiger partial charge >= 0.3 is 6.09 Å². The molecule has 1 aromatic rings. The number of fused-ring (bicyclic) bond motifs is 1.